The fourth-order valence-electron chi connectivity index (χ4n) is 6.51. The number of nitrogens with zero attached hydrogens (tertiary/aromatic N) is 3. The van der Waals surface area contributed by atoms with Crippen molar-refractivity contribution in [1.29, 1.82) is 0 Å². The van der Waals surface area contributed by atoms with Gasteiger partial charge in [-0.1, -0.05) is 86.6 Å². The number of H-pyrrole nitrogens is 1. The average Bonchev–Trinajstić information content (AvgIpc) is 3.76. The Morgan fingerprint density at radius 3 is 2.11 bits per heavy atom. The van der Waals surface area contributed by atoms with Gasteiger partial charge >= 0.3 is 17.9 Å². The van der Waals surface area contributed by atoms with Gasteiger partial charge in [-0.15, -0.1) is 0 Å². The molecule has 0 bridgehead atoms. The van der Waals surface area contributed by atoms with E-state index in [1.54, 1.807) is 21.0 Å². The molecule has 0 radical (unpaired) electrons. The predicted molar refractivity (Wildman–Crippen MR) is 200 cm³/mol. The normalized spacial score (nSPS) is 18.1. The number of nitrogens with one attached hydrogen (secondary N) is 2. The Balaban J connectivity index is 1.46. The van der Waals surface area contributed by atoms with Crippen LogP contribution in [0.3, 0.4) is 0 Å². The highest BCUT2D eigenvalue weighted by molar-refractivity contribution is 5.91. The molecule has 3 heterocycles. The smallest absolute Gasteiger partial charge is 0.306 e. The molecular weight excluding hydrogens is 726 g/mol. The van der Waals surface area contributed by atoms with Crippen LogP contribution in [0.5, 0.6) is 5.75 Å². The third-order valence-corrected chi connectivity index (χ3v) is 9.19. The molecule has 5 aromatic rings. The SMILES string of the molecule is COc1ccc(C(OC[C@H]2O[C@@H](n3cnc4c(=O)[nH]c(NC(=O)C(C)C)nc43)[C@H](OC(=O)CCC(=O)O)[C@@H]2OC(C)=O)(c2ccccc2)c2ccccc2)cc1. The molecule has 1 fully saturated rings. The van der Waals surface area contributed by atoms with E-state index >= 15 is 0 Å². The molecule has 1 aliphatic heterocycles. The zero-order valence-electron chi connectivity index (χ0n) is 31.0. The number of carbonyl (C=O) groups excluding carboxylic acids is 3. The first-order valence-corrected chi connectivity index (χ1v) is 17.8. The number of ether oxygens (including phenoxy) is 5. The topological polar surface area (TPSA) is 210 Å². The lowest BCUT2D eigenvalue weighted by Gasteiger charge is -2.37. The summed E-state index contributed by atoms with van der Waals surface area (Å²) in [6.45, 7) is 4.26. The lowest BCUT2D eigenvalue weighted by molar-refractivity contribution is -0.168. The summed E-state index contributed by atoms with van der Waals surface area (Å²) < 4.78 is 32.0. The van der Waals surface area contributed by atoms with Gasteiger partial charge in [0.15, 0.2) is 29.6 Å². The number of fused-ring (bicyclic) bond motifs is 1. The maximum absolute atomic E-state index is 13.2. The third-order valence-electron chi connectivity index (χ3n) is 9.19. The van der Waals surface area contributed by atoms with Gasteiger partial charge in [0, 0.05) is 12.8 Å². The van der Waals surface area contributed by atoms with Gasteiger partial charge in [-0.05, 0) is 28.8 Å². The number of benzene rings is 3. The number of hydrogen-bond donors (Lipinski definition) is 3. The van der Waals surface area contributed by atoms with Crippen LogP contribution in [0.1, 0.15) is 56.5 Å². The molecule has 0 unspecified atom stereocenters. The van der Waals surface area contributed by atoms with Crippen molar-refractivity contribution in [3.63, 3.8) is 0 Å². The monoisotopic (exact) mass is 767 g/mol. The fourth-order valence-corrected chi connectivity index (χ4v) is 6.51. The lowest BCUT2D eigenvalue weighted by Crippen LogP contribution is -2.43. The summed E-state index contributed by atoms with van der Waals surface area (Å²) in [5, 5.41) is 11.8. The van der Waals surface area contributed by atoms with Crippen LogP contribution in [0.4, 0.5) is 5.95 Å². The molecule has 1 aliphatic rings. The van der Waals surface area contributed by atoms with E-state index in [2.05, 4.69) is 20.3 Å². The fraction of sp³-hybridized carbons (Fsp3) is 0.325. The van der Waals surface area contributed by atoms with Gasteiger partial charge in [-0.25, -0.2) is 4.98 Å². The number of carbonyl (C=O) groups is 4. The van der Waals surface area contributed by atoms with E-state index in [1.807, 2.05) is 84.9 Å². The van der Waals surface area contributed by atoms with Gasteiger partial charge in [-0.3, -0.25) is 38.8 Å². The molecule has 1 amide bonds. The molecule has 1 saturated heterocycles. The summed E-state index contributed by atoms with van der Waals surface area (Å²) in [5.74, 6) is -3.25. The average molecular weight is 768 g/mol. The maximum atomic E-state index is 13.2. The lowest BCUT2D eigenvalue weighted by atomic mass is 9.80. The first-order valence-electron chi connectivity index (χ1n) is 17.8. The Bertz CT molecular complexity index is 2200. The number of anilines is 1. The minimum atomic E-state index is -1.41. The van der Waals surface area contributed by atoms with Crippen LogP contribution in [0.2, 0.25) is 0 Å². The number of esters is 2. The van der Waals surface area contributed by atoms with Crippen LogP contribution in [0.25, 0.3) is 11.2 Å². The van der Waals surface area contributed by atoms with E-state index in [0.29, 0.717) is 5.75 Å². The van der Waals surface area contributed by atoms with Gasteiger partial charge in [0.1, 0.15) is 17.5 Å². The summed E-state index contributed by atoms with van der Waals surface area (Å²) >= 11 is 0. The summed E-state index contributed by atoms with van der Waals surface area (Å²) in [6.07, 6.45) is -4.97. The van der Waals surface area contributed by atoms with Gasteiger partial charge < -0.3 is 28.8 Å². The van der Waals surface area contributed by atoms with Gasteiger partial charge in [0.2, 0.25) is 11.9 Å². The Kier molecular flexibility index (Phi) is 11.9. The Labute approximate surface area is 320 Å². The summed E-state index contributed by atoms with van der Waals surface area (Å²) in [4.78, 5) is 74.0. The highest BCUT2D eigenvalue weighted by Gasteiger charge is 2.52. The molecule has 0 saturated carbocycles. The number of aromatic amines is 1. The Hall–Kier alpha value is -6.39. The van der Waals surface area contributed by atoms with Crippen LogP contribution >= 0.6 is 0 Å². The van der Waals surface area contributed by atoms with Crippen molar-refractivity contribution < 1.29 is 48.0 Å². The summed E-state index contributed by atoms with van der Waals surface area (Å²) in [7, 11) is 1.57. The highest BCUT2D eigenvalue weighted by atomic mass is 16.7. The number of aliphatic carboxylic acids is 1. The molecule has 0 aliphatic carbocycles. The number of carboxylic acids is 1. The Morgan fingerprint density at radius 2 is 1.54 bits per heavy atom. The Morgan fingerprint density at radius 1 is 0.911 bits per heavy atom. The van der Waals surface area contributed by atoms with Crippen molar-refractivity contribution in [2.24, 2.45) is 5.92 Å². The number of imidazole rings is 1. The first-order chi connectivity index (χ1) is 26.9. The van der Waals surface area contributed by atoms with E-state index in [-0.39, 0.29) is 23.7 Å². The maximum Gasteiger partial charge on any atom is 0.306 e. The van der Waals surface area contributed by atoms with Gasteiger partial charge in [0.05, 0.1) is 32.9 Å². The second-order valence-electron chi connectivity index (χ2n) is 13.3. The second kappa shape index (κ2) is 17.0. The zero-order valence-corrected chi connectivity index (χ0v) is 31.0. The summed E-state index contributed by atoms with van der Waals surface area (Å²) in [6, 6.07) is 26.3. The number of carboxylic acid groups (broad SMARTS) is 1. The van der Waals surface area contributed by atoms with Crippen LogP contribution in [0.15, 0.2) is 96.1 Å². The summed E-state index contributed by atoms with van der Waals surface area (Å²) in [5.41, 5.74) is 0.123. The number of methoxy groups -OCH3 is 1. The standard InChI is InChI=1S/C40H41N5O11/c1-23(2)36(50)43-39-42-35-32(37(51)44-39)41-22-45(35)38-34(56-31(49)20-19-30(47)48)33(54-24(3)46)29(55-38)21-53-40(25-11-7-5-8-12-25,26-13-9-6-10-14-26)27-15-17-28(52-4)18-16-27/h5-18,22-23,29,33-34,38H,19-21H2,1-4H3,(H,47,48)(H2,42,43,44,50,51)/t29-,33-,34-,38-/m1/s1. The number of rotatable bonds is 15. The van der Waals surface area contributed by atoms with Crippen molar-refractivity contribution in [3.8, 4) is 5.75 Å². The van der Waals surface area contributed by atoms with Crippen LogP contribution < -0.4 is 15.6 Å². The van der Waals surface area contributed by atoms with E-state index in [9.17, 15) is 29.1 Å². The molecule has 2 aromatic heterocycles. The van der Waals surface area contributed by atoms with E-state index < -0.39 is 78.3 Å². The number of amides is 1. The minimum absolute atomic E-state index is 0.0475. The molecule has 6 rings (SSSR count). The number of hydrogen-bond acceptors (Lipinski definition) is 12. The predicted octanol–water partition coefficient (Wildman–Crippen LogP) is 4.34. The highest BCUT2D eigenvalue weighted by Crippen LogP contribution is 2.43. The molecule has 56 heavy (non-hydrogen) atoms. The molecule has 3 N–H and O–H groups in total. The van der Waals surface area contributed by atoms with Crippen molar-refractivity contribution in [3.05, 3.63) is 118 Å². The van der Waals surface area contributed by atoms with E-state index in [0.717, 1.165) is 16.7 Å². The first kappa shape index (κ1) is 39.3. The van der Waals surface area contributed by atoms with Crippen molar-refractivity contribution in [1.82, 2.24) is 19.5 Å². The number of aromatic nitrogens is 4. The van der Waals surface area contributed by atoms with Crippen molar-refractivity contribution in [2.45, 2.75) is 63.8 Å². The largest absolute Gasteiger partial charge is 0.497 e. The van der Waals surface area contributed by atoms with E-state index in [1.165, 1.54) is 17.8 Å². The molecule has 0 spiro atoms. The minimum Gasteiger partial charge on any atom is -0.497 e. The van der Waals surface area contributed by atoms with E-state index in [4.69, 9.17) is 23.7 Å². The zero-order chi connectivity index (χ0) is 40.0. The molecule has 3 aromatic carbocycles. The van der Waals surface area contributed by atoms with Crippen LogP contribution in [-0.4, -0.2) is 80.5 Å². The van der Waals surface area contributed by atoms with Crippen molar-refractivity contribution >= 4 is 40.9 Å². The molecule has 4 atom stereocenters. The molecule has 292 valence electrons. The molecule has 16 nitrogen and oxygen atoms in total. The molecule has 16 heteroatoms. The quantitative estimate of drug-likeness (QED) is 0.100. The van der Waals surface area contributed by atoms with Crippen LogP contribution in [-0.2, 0) is 43.7 Å². The third kappa shape index (κ3) is 8.30. The second-order valence-corrected chi connectivity index (χ2v) is 13.3. The van der Waals surface area contributed by atoms with Gasteiger partial charge in [-0.2, -0.15) is 4.98 Å². The van der Waals surface area contributed by atoms with Gasteiger partial charge in [0.25, 0.3) is 5.56 Å². The van der Waals surface area contributed by atoms with Crippen molar-refractivity contribution in [2.75, 3.05) is 19.0 Å². The van der Waals surface area contributed by atoms with Crippen LogP contribution in [0, 0.1) is 5.92 Å². The molecular formula is C40H41N5O11.